The number of carboxylic acid groups (broad SMARTS) is 1. The summed E-state index contributed by atoms with van der Waals surface area (Å²) in [6.07, 6.45) is 0. The van der Waals surface area contributed by atoms with Crippen molar-refractivity contribution >= 4 is 21.9 Å². The van der Waals surface area contributed by atoms with Crippen LogP contribution in [-0.2, 0) is 7.05 Å². The van der Waals surface area contributed by atoms with Gasteiger partial charge < -0.3 is 9.67 Å². The fourth-order valence-corrected chi connectivity index (χ4v) is 2.57. The van der Waals surface area contributed by atoms with Crippen molar-refractivity contribution in [3.63, 3.8) is 0 Å². The summed E-state index contributed by atoms with van der Waals surface area (Å²) < 4.78 is 2.53. The molecule has 17 heavy (non-hydrogen) atoms. The van der Waals surface area contributed by atoms with Crippen LogP contribution < -0.4 is 0 Å². The zero-order valence-electron chi connectivity index (χ0n) is 9.57. The Morgan fingerprint density at radius 1 is 1.29 bits per heavy atom. The van der Waals surface area contributed by atoms with E-state index in [1.165, 1.54) is 0 Å². The Bertz CT molecular complexity index is 573. The zero-order chi connectivity index (χ0) is 12.6. The van der Waals surface area contributed by atoms with Gasteiger partial charge in [-0.3, -0.25) is 0 Å². The van der Waals surface area contributed by atoms with Crippen molar-refractivity contribution in [2.75, 3.05) is 0 Å². The minimum atomic E-state index is -0.917. The van der Waals surface area contributed by atoms with Gasteiger partial charge in [-0.05, 0) is 28.4 Å². The lowest BCUT2D eigenvalue weighted by atomic mass is 10.1. The Balaban J connectivity index is 2.78. The highest BCUT2D eigenvalue weighted by Crippen LogP contribution is 2.35. The number of nitrogens with zero attached hydrogens (tertiary/aromatic N) is 1. The molecule has 0 radical (unpaired) electrons. The number of hydrogen-bond acceptors (Lipinski definition) is 1. The first-order chi connectivity index (χ1) is 8.04. The maximum Gasteiger partial charge on any atom is 0.353 e. The zero-order valence-corrected chi connectivity index (χ0v) is 11.2. The second-order valence-corrected chi connectivity index (χ2v) is 4.65. The summed E-state index contributed by atoms with van der Waals surface area (Å²) in [5, 5.41) is 9.30. The molecule has 0 aliphatic rings. The van der Waals surface area contributed by atoms with Gasteiger partial charge in [-0.2, -0.15) is 0 Å². The Labute approximate surface area is 108 Å². The van der Waals surface area contributed by atoms with E-state index in [9.17, 15) is 9.90 Å². The Morgan fingerprint density at radius 2 is 1.88 bits per heavy atom. The first kappa shape index (κ1) is 11.9. The normalized spacial score (nSPS) is 10.5. The van der Waals surface area contributed by atoms with Crippen LogP contribution in [0.4, 0.5) is 0 Å². The number of carbonyl (C=O) groups is 1. The fourth-order valence-electron chi connectivity index (χ4n) is 1.89. The predicted molar refractivity (Wildman–Crippen MR) is 70.2 cm³/mol. The van der Waals surface area contributed by atoms with Crippen LogP contribution in [0.1, 0.15) is 16.2 Å². The molecule has 88 valence electrons. The van der Waals surface area contributed by atoms with Crippen LogP contribution in [0.3, 0.4) is 0 Å². The monoisotopic (exact) mass is 293 g/mol. The van der Waals surface area contributed by atoms with E-state index in [4.69, 9.17) is 0 Å². The molecule has 1 N–H and O–H groups in total. The average Bonchev–Trinajstić information content (AvgIpc) is 2.55. The molecule has 0 fully saturated rings. The molecule has 1 aromatic carbocycles. The first-order valence-electron chi connectivity index (χ1n) is 5.17. The van der Waals surface area contributed by atoms with Gasteiger partial charge in [-0.1, -0.05) is 30.3 Å². The number of halogens is 1. The lowest BCUT2D eigenvalue weighted by Crippen LogP contribution is -2.06. The lowest BCUT2D eigenvalue weighted by Gasteiger charge is -2.03. The molecule has 0 saturated carbocycles. The molecular formula is C13H12BrNO2. The summed E-state index contributed by atoms with van der Waals surface area (Å²) in [4.78, 5) is 11.3. The van der Waals surface area contributed by atoms with Gasteiger partial charge in [0, 0.05) is 22.8 Å². The highest BCUT2D eigenvalue weighted by molar-refractivity contribution is 9.10. The average molecular weight is 294 g/mol. The van der Waals surface area contributed by atoms with Crippen molar-refractivity contribution in [1.82, 2.24) is 4.57 Å². The molecule has 0 bridgehead atoms. The standard InChI is InChI=1S/C13H12BrNO2/c1-8-11(14)10(9-6-4-3-5-7-9)12(13(16)17)15(8)2/h3-7H,1-2H3,(H,16,17). The van der Waals surface area contributed by atoms with E-state index in [1.807, 2.05) is 37.3 Å². The molecule has 0 aliphatic carbocycles. The molecule has 0 atom stereocenters. The van der Waals surface area contributed by atoms with E-state index in [-0.39, 0.29) is 0 Å². The molecule has 0 saturated heterocycles. The molecule has 1 aromatic heterocycles. The van der Waals surface area contributed by atoms with Gasteiger partial charge in [0.2, 0.25) is 0 Å². The molecule has 0 unspecified atom stereocenters. The van der Waals surface area contributed by atoms with E-state index in [0.717, 1.165) is 21.3 Å². The van der Waals surface area contributed by atoms with Crippen LogP contribution >= 0.6 is 15.9 Å². The van der Waals surface area contributed by atoms with Crippen LogP contribution in [-0.4, -0.2) is 15.6 Å². The van der Waals surface area contributed by atoms with E-state index < -0.39 is 5.97 Å². The van der Waals surface area contributed by atoms with Gasteiger partial charge in [0.1, 0.15) is 5.69 Å². The summed E-state index contributed by atoms with van der Waals surface area (Å²) in [6.45, 7) is 1.89. The van der Waals surface area contributed by atoms with Gasteiger partial charge >= 0.3 is 5.97 Å². The number of rotatable bonds is 2. The molecule has 0 aliphatic heterocycles. The van der Waals surface area contributed by atoms with Crippen molar-refractivity contribution in [2.45, 2.75) is 6.92 Å². The molecule has 1 heterocycles. The largest absolute Gasteiger partial charge is 0.477 e. The van der Waals surface area contributed by atoms with Crippen molar-refractivity contribution in [3.05, 3.63) is 46.2 Å². The van der Waals surface area contributed by atoms with Crippen molar-refractivity contribution in [2.24, 2.45) is 7.05 Å². The maximum atomic E-state index is 11.3. The Hall–Kier alpha value is -1.55. The van der Waals surface area contributed by atoms with Crippen LogP contribution in [0.5, 0.6) is 0 Å². The third-order valence-electron chi connectivity index (χ3n) is 2.88. The number of aromatic nitrogens is 1. The van der Waals surface area contributed by atoms with Gasteiger partial charge in [0.15, 0.2) is 0 Å². The topological polar surface area (TPSA) is 42.2 Å². The predicted octanol–water partition coefficient (Wildman–Crippen LogP) is 3.46. The summed E-state index contributed by atoms with van der Waals surface area (Å²) in [5.41, 5.74) is 2.85. The maximum absolute atomic E-state index is 11.3. The SMILES string of the molecule is Cc1c(Br)c(-c2ccccc2)c(C(=O)O)n1C. The lowest BCUT2D eigenvalue weighted by molar-refractivity contribution is 0.0687. The molecule has 0 spiro atoms. The summed E-state index contributed by atoms with van der Waals surface area (Å²) >= 11 is 3.47. The molecule has 2 rings (SSSR count). The molecule has 3 nitrogen and oxygen atoms in total. The van der Waals surface area contributed by atoms with Crippen LogP contribution in [0.2, 0.25) is 0 Å². The third kappa shape index (κ3) is 1.89. The second kappa shape index (κ2) is 4.37. The highest BCUT2D eigenvalue weighted by atomic mass is 79.9. The van der Waals surface area contributed by atoms with E-state index >= 15 is 0 Å². The molecular weight excluding hydrogens is 282 g/mol. The number of hydrogen-bond donors (Lipinski definition) is 1. The van der Waals surface area contributed by atoms with Crippen molar-refractivity contribution in [3.8, 4) is 11.1 Å². The van der Waals surface area contributed by atoms with Gasteiger partial charge in [-0.25, -0.2) is 4.79 Å². The van der Waals surface area contributed by atoms with Gasteiger partial charge in [-0.15, -0.1) is 0 Å². The van der Waals surface area contributed by atoms with Gasteiger partial charge in [0.25, 0.3) is 0 Å². The third-order valence-corrected chi connectivity index (χ3v) is 3.85. The summed E-state index contributed by atoms with van der Waals surface area (Å²) in [5.74, 6) is -0.917. The van der Waals surface area contributed by atoms with Crippen LogP contribution in [0, 0.1) is 6.92 Å². The molecule has 0 amide bonds. The fraction of sp³-hybridized carbons (Fsp3) is 0.154. The van der Waals surface area contributed by atoms with E-state index in [2.05, 4.69) is 15.9 Å². The van der Waals surface area contributed by atoms with Crippen LogP contribution in [0.15, 0.2) is 34.8 Å². The minimum Gasteiger partial charge on any atom is -0.477 e. The Kier molecular flexibility index (Phi) is 3.07. The molecule has 4 heteroatoms. The smallest absolute Gasteiger partial charge is 0.353 e. The second-order valence-electron chi connectivity index (χ2n) is 3.85. The summed E-state index contributed by atoms with van der Waals surface area (Å²) in [7, 11) is 1.76. The quantitative estimate of drug-likeness (QED) is 0.921. The Morgan fingerprint density at radius 3 is 2.41 bits per heavy atom. The summed E-state index contributed by atoms with van der Waals surface area (Å²) in [6, 6.07) is 9.52. The van der Waals surface area contributed by atoms with E-state index in [0.29, 0.717) is 5.69 Å². The number of aromatic carboxylic acids is 1. The van der Waals surface area contributed by atoms with E-state index in [1.54, 1.807) is 11.6 Å². The van der Waals surface area contributed by atoms with Crippen molar-refractivity contribution < 1.29 is 9.90 Å². The van der Waals surface area contributed by atoms with Crippen molar-refractivity contribution in [1.29, 1.82) is 0 Å². The minimum absolute atomic E-state index is 0.306. The highest BCUT2D eigenvalue weighted by Gasteiger charge is 2.22. The number of benzene rings is 1. The molecule has 2 aromatic rings. The van der Waals surface area contributed by atoms with Crippen LogP contribution in [0.25, 0.3) is 11.1 Å². The number of carboxylic acids is 1. The first-order valence-corrected chi connectivity index (χ1v) is 5.96. The van der Waals surface area contributed by atoms with Gasteiger partial charge in [0.05, 0.1) is 0 Å².